The fourth-order valence-electron chi connectivity index (χ4n) is 5.94. The lowest BCUT2D eigenvalue weighted by atomic mass is 9.75. The summed E-state index contributed by atoms with van der Waals surface area (Å²) in [5, 5.41) is 0.446. The smallest absolute Gasteiger partial charge is 0.343 e. The van der Waals surface area contributed by atoms with Gasteiger partial charge in [-0.15, -0.1) is 0 Å². The van der Waals surface area contributed by atoms with E-state index in [1.807, 2.05) is 37.4 Å². The molecule has 0 atom stereocenters. The maximum Gasteiger partial charge on any atom is 0.343 e. The SMILES string of the molecule is CCOC(=O)c1cn(C)c2cc(/C=N/C3=NCCN3C(c3ccccc3)(c3ccccc3)c3ccccc3)ccc2c1=O. The molecule has 43 heavy (non-hydrogen) atoms. The summed E-state index contributed by atoms with van der Waals surface area (Å²) in [4.78, 5) is 37.5. The van der Waals surface area contributed by atoms with E-state index in [4.69, 9.17) is 14.7 Å². The lowest BCUT2D eigenvalue weighted by Crippen LogP contribution is -2.49. The van der Waals surface area contributed by atoms with Gasteiger partial charge in [0.2, 0.25) is 11.4 Å². The summed E-state index contributed by atoms with van der Waals surface area (Å²) in [7, 11) is 1.81. The molecule has 7 heteroatoms. The molecule has 4 aromatic carbocycles. The van der Waals surface area contributed by atoms with Crippen LogP contribution < -0.4 is 5.43 Å². The van der Waals surface area contributed by atoms with Crippen LogP contribution in [-0.2, 0) is 17.3 Å². The minimum atomic E-state index is -0.659. The summed E-state index contributed by atoms with van der Waals surface area (Å²) in [5.74, 6) is 0.0110. The fraction of sp³-hybridized carbons (Fsp3) is 0.167. The van der Waals surface area contributed by atoms with Crippen molar-refractivity contribution in [3.05, 3.63) is 153 Å². The maximum absolute atomic E-state index is 13.1. The van der Waals surface area contributed by atoms with Crippen LogP contribution in [0.5, 0.6) is 0 Å². The first-order valence-corrected chi connectivity index (χ1v) is 14.4. The van der Waals surface area contributed by atoms with Crippen molar-refractivity contribution >= 4 is 29.0 Å². The zero-order chi connectivity index (χ0) is 29.8. The van der Waals surface area contributed by atoms with Crippen LogP contribution in [0.25, 0.3) is 10.9 Å². The Balaban J connectivity index is 1.44. The first kappa shape index (κ1) is 27.8. The molecule has 0 bridgehead atoms. The van der Waals surface area contributed by atoms with Crippen molar-refractivity contribution in [2.75, 3.05) is 19.7 Å². The third-order valence-electron chi connectivity index (χ3n) is 7.84. The highest BCUT2D eigenvalue weighted by Gasteiger charge is 2.45. The topological polar surface area (TPSA) is 76.3 Å². The standard InChI is InChI=1S/C36H32N4O3/c1-3-43-34(42)31-25-39(2)32-23-26(19-20-30(32)33(31)41)24-38-35-37-21-22-40(35)36(27-13-7-4-8-14-27,28-15-9-5-10-16-28)29-17-11-6-12-18-29/h4-20,23-25H,3,21-22H2,1-2H3/b38-24+. The van der Waals surface area contributed by atoms with Gasteiger partial charge in [0, 0.05) is 31.4 Å². The minimum absolute atomic E-state index is 0.0216. The van der Waals surface area contributed by atoms with Gasteiger partial charge in [0.25, 0.3) is 0 Å². The maximum atomic E-state index is 13.1. The van der Waals surface area contributed by atoms with E-state index in [1.165, 1.54) is 6.20 Å². The van der Waals surface area contributed by atoms with Gasteiger partial charge >= 0.3 is 5.97 Å². The highest BCUT2D eigenvalue weighted by atomic mass is 16.5. The second-order valence-electron chi connectivity index (χ2n) is 10.4. The van der Waals surface area contributed by atoms with Gasteiger partial charge in [0.1, 0.15) is 11.1 Å². The number of fused-ring (bicyclic) bond motifs is 1. The number of carbonyl (C=O) groups is 1. The quantitative estimate of drug-likeness (QED) is 0.141. The number of rotatable bonds is 7. The molecule has 0 radical (unpaired) electrons. The van der Waals surface area contributed by atoms with Crippen LogP contribution in [0.1, 0.15) is 39.5 Å². The predicted molar refractivity (Wildman–Crippen MR) is 171 cm³/mol. The van der Waals surface area contributed by atoms with Crippen LogP contribution in [-0.4, -0.2) is 47.3 Å². The number of aryl methyl sites for hydroxylation is 1. The normalized spacial score (nSPS) is 13.4. The van der Waals surface area contributed by atoms with Gasteiger partial charge in [-0.2, -0.15) is 0 Å². The van der Waals surface area contributed by atoms with Gasteiger partial charge < -0.3 is 14.2 Å². The van der Waals surface area contributed by atoms with Crippen molar-refractivity contribution in [3.8, 4) is 0 Å². The molecule has 1 aromatic heterocycles. The average Bonchev–Trinajstić information content (AvgIpc) is 3.52. The Hall–Kier alpha value is -5.30. The van der Waals surface area contributed by atoms with Crippen LogP contribution in [0, 0.1) is 0 Å². The number of pyridine rings is 1. The van der Waals surface area contributed by atoms with E-state index < -0.39 is 11.5 Å². The van der Waals surface area contributed by atoms with Crippen molar-refractivity contribution in [2.24, 2.45) is 17.0 Å². The van der Waals surface area contributed by atoms with Crippen molar-refractivity contribution in [1.29, 1.82) is 0 Å². The number of guanidine groups is 1. The van der Waals surface area contributed by atoms with Crippen molar-refractivity contribution in [1.82, 2.24) is 9.47 Å². The Morgan fingerprint density at radius 3 is 2.05 bits per heavy atom. The van der Waals surface area contributed by atoms with Gasteiger partial charge in [-0.3, -0.25) is 4.79 Å². The first-order valence-electron chi connectivity index (χ1n) is 14.4. The summed E-state index contributed by atoms with van der Waals surface area (Å²) in [6.45, 7) is 3.23. The molecule has 0 amide bonds. The molecule has 6 rings (SSSR count). The number of aromatic nitrogens is 1. The number of esters is 1. The van der Waals surface area contributed by atoms with Gasteiger partial charge in [0.15, 0.2) is 0 Å². The summed E-state index contributed by atoms with van der Waals surface area (Å²) >= 11 is 0. The number of aliphatic imine (C=N–C) groups is 2. The number of benzene rings is 4. The molecule has 2 heterocycles. The van der Waals surface area contributed by atoms with Crippen molar-refractivity contribution in [2.45, 2.75) is 12.5 Å². The van der Waals surface area contributed by atoms with Gasteiger partial charge in [-0.05, 0) is 41.3 Å². The first-order chi connectivity index (χ1) is 21.0. The molecule has 0 aliphatic carbocycles. The Morgan fingerprint density at radius 2 is 1.49 bits per heavy atom. The molecule has 7 nitrogen and oxygen atoms in total. The van der Waals surface area contributed by atoms with Crippen LogP contribution in [0.15, 0.2) is 130 Å². The molecule has 0 N–H and O–H groups in total. The second-order valence-corrected chi connectivity index (χ2v) is 10.4. The summed E-state index contributed by atoms with van der Waals surface area (Å²) < 4.78 is 6.84. The van der Waals surface area contributed by atoms with E-state index in [0.717, 1.165) is 22.3 Å². The third kappa shape index (κ3) is 5.03. The van der Waals surface area contributed by atoms with Crippen LogP contribution >= 0.6 is 0 Å². The zero-order valence-electron chi connectivity index (χ0n) is 24.2. The lowest BCUT2D eigenvalue weighted by molar-refractivity contribution is 0.0524. The molecular weight excluding hydrogens is 536 g/mol. The molecule has 0 fully saturated rings. The van der Waals surface area contributed by atoms with Gasteiger partial charge in [-0.25, -0.2) is 14.8 Å². The highest BCUT2D eigenvalue weighted by Crippen LogP contribution is 2.43. The number of nitrogens with zero attached hydrogens (tertiary/aromatic N) is 4. The molecule has 0 saturated heterocycles. The summed E-state index contributed by atoms with van der Waals surface area (Å²) in [6, 6.07) is 36.9. The van der Waals surface area contributed by atoms with Crippen LogP contribution in [0.4, 0.5) is 0 Å². The van der Waals surface area contributed by atoms with Gasteiger partial charge in [-0.1, -0.05) is 97.1 Å². The van der Waals surface area contributed by atoms with Crippen LogP contribution in [0.2, 0.25) is 0 Å². The average molecular weight is 569 g/mol. The number of carbonyl (C=O) groups excluding carboxylic acids is 1. The van der Waals surface area contributed by atoms with E-state index in [9.17, 15) is 9.59 Å². The van der Waals surface area contributed by atoms with Gasteiger partial charge in [0.05, 0.1) is 18.7 Å². The Bertz CT molecular complexity index is 1780. The molecule has 214 valence electrons. The largest absolute Gasteiger partial charge is 0.462 e. The molecule has 1 aliphatic rings. The predicted octanol–water partition coefficient (Wildman–Crippen LogP) is 5.80. The Kier molecular flexibility index (Phi) is 7.71. The molecule has 0 unspecified atom stereocenters. The fourth-order valence-corrected chi connectivity index (χ4v) is 5.94. The molecule has 0 saturated carbocycles. The molecule has 0 spiro atoms. The highest BCUT2D eigenvalue weighted by molar-refractivity contribution is 5.98. The Morgan fingerprint density at radius 1 is 0.907 bits per heavy atom. The Labute approximate surface area is 250 Å². The summed E-state index contributed by atoms with van der Waals surface area (Å²) in [5.41, 5.74) is 3.88. The van der Waals surface area contributed by atoms with Crippen molar-refractivity contribution in [3.63, 3.8) is 0 Å². The van der Waals surface area contributed by atoms with Crippen LogP contribution in [0.3, 0.4) is 0 Å². The van der Waals surface area contributed by atoms with E-state index in [2.05, 4.69) is 77.7 Å². The van der Waals surface area contributed by atoms with Crippen molar-refractivity contribution < 1.29 is 9.53 Å². The van der Waals surface area contributed by atoms with E-state index in [0.29, 0.717) is 30.0 Å². The number of hydrogen-bond donors (Lipinski definition) is 0. The zero-order valence-corrected chi connectivity index (χ0v) is 24.2. The molecule has 5 aromatic rings. The number of hydrogen-bond acceptors (Lipinski definition) is 6. The summed E-state index contributed by atoms with van der Waals surface area (Å²) in [6.07, 6.45) is 3.31. The van der Waals surface area contributed by atoms with E-state index in [1.54, 1.807) is 23.8 Å². The minimum Gasteiger partial charge on any atom is -0.462 e. The number of ether oxygens (including phenoxy) is 1. The van der Waals surface area contributed by atoms with E-state index >= 15 is 0 Å². The third-order valence-corrected chi connectivity index (χ3v) is 7.84. The van der Waals surface area contributed by atoms with E-state index in [-0.39, 0.29) is 17.6 Å². The lowest BCUT2D eigenvalue weighted by Gasteiger charge is -2.44. The second kappa shape index (κ2) is 11.9. The monoisotopic (exact) mass is 568 g/mol. The molecular formula is C36H32N4O3. The molecule has 1 aliphatic heterocycles.